The second-order valence-corrected chi connectivity index (χ2v) is 6.36. The molecular weight excluding hydrogens is 299 g/mol. The number of hydrogen-bond donors (Lipinski definition) is 1. The standard InChI is InChI=1S/C17H19FN2O3/c18-12-5-4-6-13(9-12)19-14(21)11-20-15(22)10-17(16(20)23)7-2-1-3-8-17/h4-6,9H,1-3,7-8,10-11H2,(H,19,21). The lowest BCUT2D eigenvalue weighted by atomic mass is 9.73. The van der Waals surface area contributed by atoms with Gasteiger partial charge in [0.05, 0.1) is 5.41 Å². The quantitative estimate of drug-likeness (QED) is 0.871. The second-order valence-electron chi connectivity index (χ2n) is 6.36. The lowest BCUT2D eigenvalue weighted by molar-refractivity contribution is -0.144. The maximum atomic E-state index is 13.1. The molecule has 122 valence electrons. The van der Waals surface area contributed by atoms with Crippen molar-refractivity contribution in [2.45, 2.75) is 38.5 Å². The molecule has 0 bridgehead atoms. The zero-order valence-electron chi connectivity index (χ0n) is 12.8. The zero-order chi connectivity index (χ0) is 16.4. The van der Waals surface area contributed by atoms with E-state index in [0.29, 0.717) is 5.69 Å². The summed E-state index contributed by atoms with van der Waals surface area (Å²) in [6.45, 7) is -0.310. The molecule has 23 heavy (non-hydrogen) atoms. The maximum Gasteiger partial charge on any atom is 0.244 e. The van der Waals surface area contributed by atoms with Gasteiger partial charge in [-0.1, -0.05) is 25.3 Å². The largest absolute Gasteiger partial charge is 0.324 e. The molecule has 1 saturated carbocycles. The van der Waals surface area contributed by atoms with Crippen LogP contribution in [0.5, 0.6) is 0 Å². The molecule has 3 rings (SSSR count). The van der Waals surface area contributed by atoms with Gasteiger partial charge in [-0.15, -0.1) is 0 Å². The summed E-state index contributed by atoms with van der Waals surface area (Å²) in [5.74, 6) is -1.47. The monoisotopic (exact) mass is 318 g/mol. The first-order valence-electron chi connectivity index (χ1n) is 7.90. The number of likely N-dealkylation sites (tertiary alicyclic amines) is 1. The summed E-state index contributed by atoms with van der Waals surface area (Å²) in [4.78, 5) is 37.9. The van der Waals surface area contributed by atoms with Gasteiger partial charge in [-0.3, -0.25) is 19.3 Å². The molecule has 0 radical (unpaired) electrons. The van der Waals surface area contributed by atoms with Crippen LogP contribution in [-0.4, -0.2) is 29.2 Å². The predicted molar refractivity (Wildman–Crippen MR) is 81.9 cm³/mol. The third-order valence-corrected chi connectivity index (χ3v) is 4.71. The van der Waals surface area contributed by atoms with Crippen LogP contribution < -0.4 is 5.32 Å². The van der Waals surface area contributed by atoms with Crippen molar-refractivity contribution in [2.75, 3.05) is 11.9 Å². The summed E-state index contributed by atoms with van der Waals surface area (Å²) < 4.78 is 13.1. The van der Waals surface area contributed by atoms with Gasteiger partial charge in [0.25, 0.3) is 0 Å². The Kier molecular flexibility index (Phi) is 4.15. The predicted octanol–water partition coefficient (Wildman–Crippen LogP) is 2.47. The van der Waals surface area contributed by atoms with Crippen molar-refractivity contribution >= 4 is 23.4 Å². The van der Waals surface area contributed by atoms with E-state index in [9.17, 15) is 18.8 Å². The van der Waals surface area contributed by atoms with Gasteiger partial charge in [-0.25, -0.2) is 4.39 Å². The van der Waals surface area contributed by atoms with Crippen LogP contribution in [0.15, 0.2) is 24.3 Å². The van der Waals surface area contributed by atoms with E-state index in [1.54, 1.807) is 6.07 Å². The first-order valence-corrected chi connectivity index (χ1v) is 7.90. The average molecular weight is 318 g/mol. The molecule has 5 nitrogen and oxygen atoms in total. The van der Waals surface area contributed by atoms with E-state index < -0.39 is 17.1 Å². The summed E-state index contributed by atoms with van der Waals surface area (Å²) in [6.07, 6.45) is 4.63. The topological polar surface area (TPSA) is 66.5 Å². The van der Waals surface area contributed by atoms with Crippen LogP contribution in [0, 0.1) is 11.2 Å². The molecule has 3 amide bonds. The smallest absolute Gasteiger partial charge is 0.244 e. The summed E-state index contributed by atoms with van der Waals surface area (Å²) in [6, 6.07) is 5.50. The molecule has 0 aromatic heterocycles. The fourth-order valence-corrected chi connectivity index (χ4v) is 3.55. The number of rotatable bonds is 3. The molecule has 1 spiro atoms. The number of imide groups is 1. The van der Waals surface area contributed by atoms with Crippen molar-refractivity contribution in [1.82, 2.24) is 4.90 Å². The second kappa shape index (κ2) is 6.10. The number of anilines is 1. The van der Waals surface area contributed by atoms with Gasteiger partial charge in [0.1, 0.15) is 12.4 Å². The molecule has 1 saturated heterocycles. The average Bonchev–Trinajstić information content (AvgIpc) is 2.72. The lowest BCUT2D eigenvalue weighted by Crippen LogP contribution is -2.41. The molecular formula is C17H19FN2O3. The molecule has 1 heterocycles. The normalized spacial score (nSPS) is 20.1. The van der Waals surface area contributed by atoms with Crippen LogP contribution in [0.4, 0.5) is 10.1 Å². The van der Waals surface area contributed by atoms with E-state index in [0.717, 1.165) is 37.0 Å². The first-order chi connectivity index (χ1) is 11.0. The molecule has 1 N–H and O–H groups in total. The van der Waals surface area contributed by atoms with E-state index in [2.05, 4.69) is 5.32 Å². The fourth-order valence-electron chi connectivity index (χ4n) is 3.55. The van der Waals surface area contributed by atoms with Crippen molar-refractivity contribution in [1.29, 1.82) is 0 Å². The number of halogens is 1. The molecule has 2 fully saturated rings. The lowest BCUT2D eigenvalue weighted by Gasteiger charge is -2.30. The summed E-state index contributed by atoms with van der Waals surface area (Å²) in [7, 11) is 0. The Morgan fingerprint density at radius 1 is 1.22 bits per heavy atom. The first kappa shape index (κ1) is 15.6. The van der Waals surface area contributed by atoms with E-state index in [-0.39, 0.29) is 24.8 Å². The summed E-state index contributed by atoms with van der Waals surface area (Å²) in [5, 5.41) is 2.52. The van der Waals surface area contributed by atoms with Crippen molar-refractivity contribution in [3.63, 3.8) is 0 Å². The van der Waals surface area contributed by atoms with Crippen LogP contribution >= 0.6 is 0 Å². The molecule has 0 atom stereocenters. The Balaban J connectivity index is 1.66. The molecule has 1 aromatic rings. The minimum atomic E-state index is -0.589. The highest BCUT2D eigenvalue weighted by Crippen LogP contribution is 2.45. The Bertz CT molecular complexity index is 653. The Morgan fingerprint density at radius 3 is 2.65 bits per heavy atom. The van der Waals surface area contributed by atoms with Crippen molar-refractivity contribution in [3.8, 4) is 0 Å². The van der Waals surface area contributed by atoms with Crippen LogP contribution in [0.1, 0.15) is 38.5 Å². The number of carbonyl (C=O) groups is 3. The number of nitrogens with zero attached hydrogens (tertiary/aromatic N) is 1. The maximum absolute atomic E-state index is 13.1. The van der Waals surface area contributed by atoms with Crippen LogP contribution in [0.3, 0.4) is 0 Å². The Hall–Kier alpha value is -2.24. The number of hydrogen-bond acceptors (Lipinski definition) is 3. The minimum Gasteiger partial charge on any atom is -0.324 e. The van der Waals surface area contributed by atoms with Crippen molar-refractivity contribution < 1.29 is 18.8 Å². The fraction of sp³-hybridized carbons (Fsp3) is 0.471. The van der Waals surface area contributed by atoms with E-state index in [1.165, 1.54) is 18.2 Å². The SMILES string of the molecule is O=C(CN1C(=O)CC2(CCCCC2)C1=O)Nc1cccc(F)c1. The van der Waals surface area contributed by atoms with Crippen LogP contribution in [0.2, 0.25) is 0 Å². The molecule has 2 aliphatic rings. The number of carbonyl (C=O) groups excluding carboxylic acids is 3. The van der Waals surface area contributed by atoms with Gasteiger partial charge in [0.15, 0.2) is 0 Å². The van der Waals surface area contributed by atoms with E-state index in [1.807, 2.05) is 0 Å². The molecule has 1 aromatic carbocycles. The summed E-state index contributed by atoms with van der Waals surface area (Å²) >= 11 is 0. The van der Waals surface area contributed by atoms with E-state index in [4.69, 9.17) is 0 Å². The Morgan fingerprint density at radius 2 is 1.96 bits per heavy atom. The highest BCUT2D eigenvalue weighted by atomic mass is 19.1. The molecule has 6 heteroatoms. The van der Waals surface area contributed by atoms with Crippen LogP contribution in [-0.2, 0) is 14.4 Å². The number of nitrogens with one attached hydrogen (secondary N) is 1. The zero-order valence-corrected chi connectivity index (χ0v) is 12.8. The van der Waals surface area contributed by atoms with Crippen molar-refractivity contribution in [3.05, 3.63) is 30.1 Å². The van der Waals surface area contributed by atoms with Gasteiger partial charge < -0.3 is 5.32 Å². The highest BCUT2D eigenvalue weighted by Gasteiger charge is 2.51. The van der Waals surface area contributed by atoms with E-state index >= 15 is 0 Å². The molecule has 1 aliphatic carbocycles. The van der Waals surface area contributed by atoms with Crippen molar-refractivity contribution in [2.24, 2.45) is 5.41 Å². The number of amides is 3. The minimum absolute atomic E-state index is 0.207. The van der Waals surface area contributed by atoms with Gasteiger partial charge >= 0.3 is 0 Å². The van der Waals surface area contributed by atoms with Crippen LogP contribution in [0.25, 0.3) is 0 Å². The van der Waals surface area contributed by atoms with Gasteiger partial charge in [0, 0.05) is 12.1 Å². The third kappa shape index (κ3) is 3.11. The van der Waals surface area contributed by atoms with Gasteiger partial charge in [-0.05, 0) is 31.0 Å². The third-order valence-electron chi connectivity index (χ3n) is 4.71. The summed E-state index contributed by atoms with van der Waals surface area (Å²) in [5.41, 5.74) is -0.282. The number of benzene rings is 1. The Labute approximate surface area is 133 Å². The van der Waals surface area contributed by atoms with Gasteiger partial charge in [0.2, 0.25) is 17.7 Å². The highest BCUT2D eigenvalue weighted by molar-refractivity contribution is 6.09. The van der Waals surface area contributed by atoms with Gasteiger partial charge in [-0.2, -0.15) is 0 Å². The molecule has 1 aliphatic heterocycles. The molecule has 0 unspecified atom stereocenters.